The molecule has 2 fully saturated rings. The predicted octanol–water partition coefficient (Wildman–Crippen LogP) is -0.346. The second-order valence-electron chi connectivity index (χ2n) is 5.77. The summed E-state index contributed by atoms with van der Waals surface area (Å²) in [6, 6.07) is 6.89. The Kier molecular flexibility index (Phi) is 4.23. The molecule has 0 aliphatic carbocycles. The third-order valence-corrected chi connectivity index (χ3v) is 5.79. The van der Waals surface area contributed by atoms with Gasteiger partial charge in [0.25, 0.3) is 0 Å². The van der Waals surface area contributed by atoms with Gasteiger partial charge in [-0.1, -0.05) is 36.9 Å². The van der Waals surface area contributed by atoms with E-state index >= 15 is 0 Å². The highest BCUT2D eigenvalue weighted by Crippen LogP contribution is 2.34. The molecule has 0 aromatic heterocycles. The second kappa shape index (κ2) is 6.20. The molecule has 0 spiro atoms. The first-order chi connectivity index (χ1) is 11.4. The lowest BCUT2D eigenvalue weighted by molar-refractivity contribution is -0.160. The van der Waals surface area contributed by atoms with Gasteiger partial charge in [-0.05, 0) is 11.1 Å². The largest absolute Gasteiger partial charge is 0.479 e. The first kappa shape index (κ1) is 16.4. The van der Waals surface area contributed by atoms with Crippen molar-refractivity contribution in [3.63, 3.8) is 0 Å². The van der Waals surface area contributed by atoms with E-state index in [1.807, 2.05) is 6.07 Å². The van der Waals surface area contributed by atoms with Gasteiger partial charge in [0.2, 0.25) is 11.8 Å². The van der Waals surface area contributed by atoms with Crippen molar-refractivity contribution in [2.24, 2.45) is 0 Å². The number of carbonyl (C=O) groups is 3. The summed E-state index contributed by atoms with van der Waals surface area (Å²) in [7, 11) is -1.48. The van der Waals surface area contributed by atoms with Crippen molar-refractivity contribution < 1.29 is 23.7 Å². The normalized spacial score (nSPS) is 28.8. The Morgan fingerprint density at radius 2 is 2.00 bits per heavy atom. The fourth-order valence-electron chi connectivity index (χ4n) is 3.02. The van der Waals surface area contributed by atoms with Crippen LogP contribution >= 0.6 is 0 Å². The Hall–Kier alpha value is -2.48. The van der Waals surface area contributed by atoms with Gasteiger partial charge < -0.3 is 15.3 Å². The Morgan fingerprint density at radius 3 is 2.62 bits per heavy atom. The highest BCUT2D eigenvalue weighted by Gasteiger charge is 2.58. The Balaban J connectivity index is 1.71. The molecule has 4 atom stereocenters. The summed E-state index contributed by atoms with van der Waals surface area (Å²) in [5.74, 6) is -2.10. The number of nitrogens with one attached hydrogen (secondary N) is 1. The minimum atomic E-state index is -1.48. The summed E-state index contributed by atoms with van der Waals surface area (Å²) < 4.78 is 12.2. The monoisotopic (exact) mass is 348 g/mol. The average molecular weight is 348 g/mol. The van der Waals surface area contributed by atoms with Crippen molar-refractivity contribution in [1.82, 2.24) is 10.2 Å². The number of β-lactam (4-membered cyclic amide) rings is 1. The first-order valence-corrected chi connectivity index (χ1v) is 8.71. The van der Waals surface area contributed by atoms with Crippen molar-refractivity contribution in [3.8, 4) is 0 Å². The molecular weight excluding hydrogens is 332 g/mol. The van der Waals surface area contributed by atoms with E-state index in [4.69, 9.17) is 0 Å². The molecule has 3 unspecified atom stereocenters. The highest BCUT2D eigenvalue weighted by molar-refractivity contribution is 7.86. The molecule has 0 radical (unpaired) electrons. The lowest BCUT2D eigenvalue weighted by atomic mass is 9.98. The zero-order valence-corrected chi connectivity index (χ0v) is 13.5. The second-order valence-corrected chi connectivity index (χ2v) is 7.30. The fraction of sp³-hybridized carbons (Fsp3) is 0.312. The number of amides is 2. The zero-order chi connectivity index (χ0) is 17.4. The Morgan fingerprint density at radius 1 is 1.33 bits per heavy atom. The van der Waals surface area contributed by atoms with Gasteiger partial charge in [0.15, 0.2) is 6.04 Å². The third-order valence-electron chi connectivity index (χ3n) is 4.10. The number of fused-ring (bicyclic) bond motifs is 1. The number of carboxylic acid groups (broad SMARTS) is 1. The molecule has 2 aliphatic rings. The van der Waals surface area contributed by atoms with E-state index in [0.717, 1.165) is 10.5 Å². The summed E-state index contributed by atoms with van der Waals surface area (Å²) in [5, 5.41) is 11.0. The molecule has 1 aromatic rings. The van der Waals surface area contributed by atoms with Crippen molar-refractivity contribution in [3.05, 3.63) is 48.0 Å². The zero-order valence-electron chi connectivity index (χ0n) is 12.7. The van der Waals surface area contributed by atoms with Crippen LogP contribution in [0, 0.1) is 0 Å². The van der Waals surface area contributed by atoms with Crippen molar-refractivity contribution in [2.75, 3.05) is 5.75 Å². The van der Waals surface area contributed by atoms with E-state index in [9.17, 15) is 23.7 Å². The number of nitrogens with zero attached hydrogens (tertiary/aromatic N) is 1. The van der Waals surface area contributed by atoms with Crippen LogP contribution in [0.1, 0.15) is 5.56 Å². The fourth-order valence-corrected chi connectivity index (χ4v) is 4.68. The van der Waals surface area contributed by atoms with Crippen LogP contribution < -0.4 is 5.32 Å². The molecule has 2 saturated heterocycles. The number of rotatable bonds is 4. The number of carboxylic acids is 1. The summed E-state index contributed by atoms with van der Waals surface area (Å²) in [6.07, 6.45) is 0.0963. The molecule has 1 aromatic carbocycles. The lowest BCUT2D eigenvalue weighted by Gasteiger charge is -2.52. The first-order valence-electron chi connectivity index (χ1n) is 7.33. The molecule has 2 aliphatic heterocycles. The molecule has 24 heavy (non-hydrogen) atoms. The summed E-state index contributed by atoms with van der Waals surface area (Å²) in [6.45, 7) is 3.61. The smallest absolute Gasteiger partial charge is 0.330 e. The molecule has 2 N–H and O–H groups in total. The van der Waals surface area contributed by atoms with E-state index in [-0.39, 0.29) is 23.7 Å². The molecule has 0 bridgehead atoms. The van der Waals surface area contributed by atoms with Gasteiger partial charge in [-0.2, -0.15) is 0 Å². The molecule has 8 heteroatoms. The Labute approximate surface area is 140 Å². The summed E-state index contributed by atoms with van der Waals surface area (Å²) in [5.41, 5.74) is 1.03. The van der Waals surface area contributed by atoms with Crippen LogP contribution in [0.25, 0.3) is 0 Å². The van der Waals surface area contributed by atoms with Crippen molar-refractivity contribution in [1.29, 1.82) is 0 Å². The molecular formula is C16H16N2O5S. The maximum Gasteiger partial charge on any atom is 0.330 e. The van der Waals surface area contributed by atoms with Gasteiger partial charge >= 0.3 is 5.97 Å². The van der Waals surface area contributed by atoms with Crippen LogP contribution in [0.3, 0.4) is 0 Å². The number of carbonyl (C=O) groups excluding carboxylic acids is 2. The van der Waals surface area contributed by atoms with Crippen LogP contribution in [0.15, 0.2) is 42.5 Å². The van der Waals surface area contributed by atoms with Gasteiger partial charge in [0, 0.05) is 5.75 Å². The van der Waals surface area contributed by atoms with E-state index in [1.54, 1.807) is 24.3 Å². The van der Waals surface area contributed by atoms with E-state index in [2.05, 4.69) is 11.9 Å². The summed E-state index contributed by atoms with van der Waals surface area (Å²) in [4.78, 5) is 36.8. The minimum Gasteiger partial charge on any atom is -0.479 e. The third kappa shape index (κ3) is 2.73. The van der Waals surface area contributed by atoms with Gasteiger partial charge in [0.1, 0.15) is 11.4 Å². The van der Waals surface area contributed by atoms with Gasteiger partial charge in [0.05, 0.1) is 17.2 Å². The van der Waals surface area contributed by atoms with Crippen LogP contribution in [-0.4, -0.2) is 55.2 Å². The quantitative estimate of drug-likeness (QED) is 0.572. The average Bonchev–Trinajstić information content (AvgIpc) is 2.53. The van der Waals surface area contributed by atoms with Gasteiger partial charge in [-0.3, -0.25) is 13.8 Å². The number of benzene rings is 1. The SMILES string of the molecule is C=C1CS(=O)[C@H]2C(NC(=O)Cc3ccccc3)C(=O)N2C1C(=O)O. The number of hydrogen-bond donors (Lipinski definition) is 2. The molecule has 7 nitrogen and oxygen atoms in total. The standard InChI is InChI=1S/C16H16N2O5S/c1-9-8-24(23)15-12(14(20)18(15)13(9)16(21)22)17-11(19)7-10-5-3-2-4-6-10/h2-6,12-13,15H,1,7-8H2,(H,17,19)(H,21,22)/t12?,13?,15-,24?/m0/s1. The van der Waals surface area contributed by atoms with Gasteiger partial charge in [-0.25, -0.2) is 4.79 Å². The van der Waals surface area contributed by atoms with Crippen LogP contribution in [0.4, 0.5) is 0 Å². The number of aliphatic carboxylic acids is 1. The molecule has 126 valence electrons. The van der Waals surface area contributed by atoms with Gasteiger partial charge in [-0.15, -0.1) is 0 Å². The van der Waals surface area contributed by atoms with Crippen LogP contribution in [0.5, 0.6) is 0 Å². The van der Waals surface area contributed by atoms with Crippen molar-refractivity contribution >= 4 is 28.6 Å². The van der Waals surface area contributed by atoms with E-state index in [0.29, 0.717) is 0 Å². The van der Waals surface area contributed by atoms with E-state index in [1.165, 1.54) is 0 Å². The predicted molar refractivity (Wildman–Crippen MR) is 86.3 cm³/mol. The maximum absolute atomic E-state index is 12.3. The topological polar surface area (TPSA) is 104 Å². The maximum atomic E-state index is 12.3. The number of hydrogen-bond acceptors (Lipinski definition) is 4. The van der Waals surface area contributed by atoms with Crippen LogP contribution in [0.2, 0.25) is 0 Å². The summed E-state index contributed by atoms with van der Waals surface area (Å²) >= 11 is 0. The lowest BCUT2D eigenvalue weighted by Crippen LogP contribution is -2.77. The highest BCUT2D eigenvalue weighted by atomic mass is 32.2. The molecule has 2 amide bonds. The molecule has 3 rings (SSSR count). The minimum absolute atomic E-state index is 0.0104. The van der Waals surface area contributed by atoms with Crippen molar-refractivity contribution in [2.45, 2.75) is 23.9 Å². The van der Waals surface area contributed by atoms with Crippen LogP contribution in [-0.2, 0) is 31.6 Å². The molecule has 0 saturated carbocycles. The molecule has 2 heterocycles. The van der Waals surface area contributed by atoms with E-state index < -0.39 is 40.1 Å². The Bertz CT molecular complexity index is 748.